The Morgan fingerprint density at radius 2 is 1.45 bits per heavy atom. The van der Waals surface area contributed by atoms with Gasteiger partial charge in [-0.2, -0.15) is 0 Å². The highest BCUT2D eigenvalue weighted by molar-refractivity contribution is 5.79. The summed E-state index contributed by atoms with van der Waals surface area (Å²) in [5.41, 5.74) is 3.86. The largest absolute Gasteiger partial charge is 0.381 e. The van der Waals surface area contributed by atoms with Gasteiger partial charge in [0.2, 0.25) is 0 Å². The molecule has 1 heteroatoms. The molecule has 1 saturated heterocycles. The average Bonchev–Trinajstić information content (AvgIpc) is 2.92. The Morgan fingerprint density at radius 3 is 1.90 bits per heavy atom. The molecule has 0 amide bonds. The summed E-state index contributed by atoms with van der Waals surface area (Å²) in [5.74, 6) is 1.10. The molecule has 1 aliphatic rings. The lowest BCUT2D eigenvalue weighted by molar-refractivity contribution is 0.185. The fourth-order valence-corrected chi connectivity index (χ4v) is 2.70. The Morgan fingerprint density at radius 1 is 0.900 bits per heavy atom. The SMILES string of the molecule is C[C@@H]1COC[C@@H]1C=C(c1ccccc1)c1ccccc1. The Balaban J connectivity index is 2.02. The predicted octanol–water partition coefficient (Wildman–Crippen LogP) is 4.40. The molecule has 0 saturated carbocycles. The second kappa shape index (κ2) is 6.06. The van der Waals surface area contributed by atoms with E-state index in [2.05, 4.69) is 73.7 Å². The monoisotopic (exact) mass is 264 g/mol. The molecule has 0 spiro atoms. The van der Waals surface area contributed by atoms with Gasteiger partial charge in [0.15, 0.2) is 0 Å². The second-order valence-electron chi connectivity index (χ2n) is 5.49. The zero-order valence-electron chi connectivity index (χ0n) is 11.8. The molecule has 1 fully saturated rings. The van der Waals surface area contributed by atoms with Crippen molar-refractivity contribution in [2.24, 2.45) is 11.8 Å². The van der Waals surface area contributed by atoms with E-state index in [1.54, 1.807) is 0 Å². The van der Waals surface area contributed by atoms with Gasteiger partial charge < -0.3 is 4.74 Å². The van der Waals surface area contributed by atoms with Crippen LogP contribution in [0.4, 0.5) is 0 Å². The first-order valence-corrected chi connectivity index (χ1v) is 7.25. The van der Waals surface area contributed by atoms with Crippen molar-refractivity contribution in [2.75, 3.05) is 13.2 Å². The van der Waals surface area contributed by atoms with Crippen LogP contribution in [0.1, 0.15) is 18.1 Å². The van der Waals surface area contributed by atoms with Crippen molar-refractivity contribution in [2.45, 2.75) is 6.92 Å². The van der Waals surface area contributed by atoms with Gasteiger partial charge in [-0.25, -0.2) is 0 Å². The third-order valence-electron chi connectivity index (χ3n) is 3.97. The van der Waals surface area contributed by atoms with Crippen LogP contribution in [0.3, 0.4) is 0 Å². The highest BCUT2D eigenvalue weighted by Gasteiger charge is 2.23. The Labute approximate surface area is 120 Å². The van der Waals surface area contributed by atoms with E-state index in [9.17, 15) is 0 Å². The van der Waals surface area contributed by atoms with E-state index >= 15 is 0 Å². The third kappa shape index (κ3) is 2.83. The fourth-order valence-electron chi connectivity index (χ4n) is 2.70. The van der Waals surface area contributed by atoms with Crippen molar-refractivity contribution in [3.05, 3.63) is 77.9 Å². The van der Waals surface area contributed by atoms with E-state index in [1.165, 1.54) is 16.7 Å². The van der Waals surface area contributed by atoms with E-state index in [0.29, 0.717) is 11.8 Å². The molecular formula is C19H20O. The molecule has 0 aromatic heterocycles. The van der Waals surface area contributed by atoms with Gasteiger partial charge in [-0.05, 0) is 22.6 Å². The van der Waals surface area contributed by atoms with Gasteiger partial charge in [0.1, 0.15) is 0 Å². The lowest BCUT2D eigenvalue weighted by atomic mass is 9.90. The first-order chi connectivity index (χ1) is 9.84. The number of ether oxygens (including phenoxy) is 1. The molecule has 20 heavy (non-hydrogen) atoms. The molecule has 0 radical (unpaired) electrons. The summed E-state index contributed by atoms with van der Waals surface area (Å²) in [4.78, 5) is 0. The van der Waals surface area contributed by atoms with Gasteiger partial charge >= 0.3 is 0 Å². The van der Waals surface area contributed by atoms with E-state index in [0.717, 1.165) is 13.2 Å². The van der Waals surface area contributed by atoms with Crippen molar-refractivity contribution in [1.82, 2.24) is 0 Å². The molecule has 1 nitrogen and oxygen atoms in total. The molecule has 3 rings (SSSR count). The zero-order chi connectivity index (χ0) is 13.8. The Bertz CT molecular complexity index is 530. The molecule has 0 aliphatic carbocycles. The Hall–Kier alpha value is -1.86. The van der Waals surface area contributed by atoms with Crippen LogP contribution in [0.2, 0.25) is 0 Å². The quantitative estimate of drug-likeness (QED) is 0.798. The van der Waals surface area contributed by atoms with Gasteiger partial charge in [-0.15, -0.1) is 0 Å². The third-order valence-corrected chi connectivity index (χ3v) is 3.97. The molecule has 0 unspecified atom stereocenters. The summed E-state index contributed by atoms with van der Waals surface area (Å²) in [5, 5.41) is 0. The van der Waals surface area contributed by atoms with Crippen molar-refractivity contribution >= 4 is 5.57 Å². The van der Waals surface area contributed by atoms with Crippen LogP contribution in [-0.2, 0) is 4.74 Å². The van der Waals surface area contributed by atoms with Crippen LogP contribution in [0.5, 0.6) is 0 Å². The lowest BCUT2D eigenvalue weighted by Gasteiger charge is -2.14. The van der Waals surface area contributed by atoms with Crippen LogP contribution in [-0.4, -0.2) is 13.2 Å². The maximum absolute atomic E-state index is 5.60. The molecule has 2 atom stereocenters. The minimum Gasteiger partial charge on any atom is -0.381 e. The minimum absolute atomic E-state index is 0.505. The van der Waals surface area contributed by atoms with Crippen molar-refractivity contribution in [3.63, 3.8) is 0 Å². The molecule has 102 valence electrons. The van der Waals surface area contributed by atoms with Crippen LogP contribution >= 0.6 is 0 Å². The van der Waals surface area contributed by atoms with Crippen LogP contribution in [0, 0.1) is 11.8 Å². The van der Waals surface area contributed by atoms with E-state index in [4.69, 9.17) is 4.74 Å². The highest BCUT2D eigenvalue weighted by Crippen LogP contribution is 2.29. The standard InChI is InChI=1S/C19H20O/c1-15-13-20-14-18(15)12-19(16-8-4-2-5-9-16)17-10-6-3-7-11-17/h2-12,15,18H,13-14H2,1H3/t15-,18+/m1/s1. The topological polar surface area (TPSA) is 9.23 Å². The summed E-state index contributed by atoms with van der Waals surface area (Å²) in [7, 11) is 0. The number of hydrogen-bond donors (Lipinski definition) is 0. The predicted molar refractivity (Wildman–Crippen MR) is 83.4 cm³/mol. The van der Waals surface area contributed by atoms with Gasteiger partial charge in [-0.1, -0.05) is 73.7 Å². The molecule has 2 aromatic carbocycles. The Kier molecular flexibility index (Phi) is 3.98. The summed E-state index contributed by atoms with van der Waals surface area (Å²) < 4.78 is 5.60. The summed E-state index contributed by atoms with van der Waals surface area (Å²) in [6.45, 7) is 3.98. The van der Waals surface area contributed by atoms with Gasteiger partial charge in [0.05, 0.1) is 6.61 Å². The first-order valence-electron chi connectivity index (χ1n) is 7.25. The van der Waals surface area contributed by atoms with E-state index < -0.39 is 0 Å². The van der Waals surface area contributed by atoms with Crippen molar-refractivity contribution in [3.8, 4) is 0 Å². The number of rotatable bonds is 3. The molecular weight excluding hydrogens is 244 g/mol. The second-order valence-corrected chi connectivity index (χ2v) is 5.49. The molecule has 0 bridgehead atoms. The highest BCUT2D eigenvalue weighted by atomic mass is 16.5. The minimum atomic E-state index is 0.505. The summed E-state index contributed by atoms with van der Waals surface area (Å²) >= 11 is 0. The zero-order valence-corrected chi connectivity index (χ0v) is 11.8. The van der Waals surface area contributed by atoms with Crippen LogP contribution < -0.4 is 0 Å². The first kappa shape index (κ1) is 13.1. The van der Waals surface area contributed by atoms with E-state index in [-0.39, 0.29) is 0 Å². The maximum Gasteiger partial charge on any atom is 0.0532 e. The van der Waals surface area contributed by atoms with Crippen LogP contribution in [0.25, 0.3) is 5.57 Å². The lowest BCUT2D eigenvalue weighted by Crippen LogP contribution is -2.06. The van der Waals surface area contributed by atoms with Crippen molar-refractivity contribution in [1.29, 1.82) is 0 Å². The summed E-state index contributed by atoms with van der Waals surface area (Å²) in [6, 6.07) is 21.2. The van der Waals surface area contributed by atoms with Gasteiger partial charge in [-0.3, -0.25) is 0 Å². The van der Waals surface area contributed by atoms with Gasteiger partial charge in [0, 0.05) is 12.5 Å². The number of benzene rings is 2. The maximum atomic E-state index is 5.60. The molecule has 0 N–H and O–H groups in total. The fraction of sp³-hybridized carbons (Fsp3) is 0.263. The molecule has 1 heterocycles. The number of hydrogen-bond acceptors (Lipinski definition) is 1. The average molecular weight is 264 g/mol. The molecule has 2 aromatic rings. The summed E-state index contributed by atoms with van der Waals surface area (Å²) in [6.07, 6.45) is 2.39. The normalized spacial score (nSPS) is 21.6. The van der Waals surface area contributed by atoms with Gasteiger partial charge in [0.25, 0.3) is 0 Å². The molecule has 1 aliphatic heterocycles. The van der Waals surface area contributed by atoms with Crippen LogP contribution in [0.15, 0.2) is 66.7 Å². The smallest absolute Gasteiger partial charge is 0.0532 e. The van der Waals surface area contributed by atoms with Crippen molar-refractivity contribution < 1.29 is 4.74 Å². The van der Waals surface area contributed by atoms with E-state index in [1.807, 2.05) is 0 Å².